The molecule has 1 saturated heterocycles. The Kier molecular flexibility index (Phi) is 7.08. The lowest BCUT2D eigenvalue weighted by molar-refractivity contribution is -0.117. The van der Waals surface area contributed by atoms with Crippen LogP contribution >= 0.6 is 11.8 Å². The topological polar surface area (TPSA) is 110 Å². The van der Waals surface area contributed by atoms with E-state index in [1.54, 1.807) is 0 Å². The summed E-state index contributed by atoms with van der Waals surface area (Å²) in [6.45, 7) is 4.11. The molecule has 0 saturated carbocycles. The third kappa shape index (κ3) is 5.87. The fourth-order valence-corrected chi connectivity index (χ4v) is 6.17. The van der Waals surface area contributed by atoms with Gasteiger partial charge >= 0.3 is 6.03 Å². The zero-order chi connectivity index (χ0) is 24.3. The average Bonchev–Trinajstić information content (AvgIpc) is 3.37. The first-order chi connectivity index (χ1) is 16.2. The molecule has 0 spiro atoms. The molecule has 1 aliphatic rings. The van der Waals surface area contributed by atoms with Gasteiger partial charge in [-0.3, -0.25) is 14.7 Å². The summed E-state index contributed by atoms with van der Waals surface area (Å²) in [5, 5.41) is 5.45. The summed E-state index contributed by atoms with van der Waals surface area (Å²) >= 11 is 1.22. The minimum atomic E-state index is -3.12. The Morgan fingerprint density at radius 3 is 2.56 bits per heavy atom. The van der Waals surface area contributed by atoms with Gasteiger partial charge in [0.05, 0.1) is 23.0 Å². The molecule has 4 rings (SSSR count). The fraction of sp³-hybridized carbons (Fsp3) is 0.292. The maximum atomic E-state index is 12.4. The highest BCUT2D eigenvalue weighted by molar-refractivity contribution is 7.99. The number of hydrogen-bond acceptors (Lipinski definition) is 6. The standard InChI is InChI=1S/C24H26N4O4S2/c1-16-8-9-18(12-17(16)2)21-13-28(20-6-4-3-5-7-20)24(26-21)33-14-22(29)27-23(30)25-19-10-11-34(31,32)15-19/h3-9,12-13,19H,10-11,14-15H2,1-2H3,(H2,25,27,29,30)/t19-/m1/s1. The number of imide groups is 1. The van der Waals surface area contributed by atoms with Gasteiger partial charge in [-0.1, -0.05) is 42.1 Å². The van der Waals surface area contributed by atoms with Crippen molar-refractivity contribution < 1.29 is 18.0 Å². The van der Waals surface area contributed by atoms with E-state index in [1.165, 1.54) is 22.9 Å². The maximum absolute atomic E-state index is 12.4. The third-order valence-corrected chi connectivity index (χ3v) is 8.38. The molecule has 0 unspecified atom stereocenters. The van der Waals surface area contributed by atoms with Crippen LogP contribution in [0.25, 0.3) is 16.9 Å². The minimum Gasteiger partial charge on any atom is -0.334 e. The number of hydrogen-bond donors (Lipinski definition) is 2. The highest BCUT2D eigenvalue weighted by Crippen LogP contribution is 2.28. The van der Waals surface area contributed by atoms with Crippen LogP contribution in [0.15, 0.2) is 59.9 Å². The molecule has 10 heteroatoms. The van der Waals surface area contributed by atoms with Crippen molar-refractivity contribution in [3.05, 3.63) is 65.9 Å². The van der Waals surface area contributed by atoms with Gasteiger partial charge in [0, 0.05) is 23.5 Å². The highest BCUT2D eigenvalue weighted by Gasteiger charge is 2.29. The number of carbonyl (C=O) groups excluding carboxylic acids is 2. The van der Waals surface area contributed by atoms with Crippen LogP contribution in [-0.4, -0.2) is 53.2 Å². The van der Waals surface area contributed by atoms with Crippen molar-refractivity contribution in [1.82, 2.24) is 20.2 Å². The monoisotopic (exact) mass is 498 g/mol. The number of carbonyl (C=O) groups is 2. The molecule has 34 heavy (non-hydrogen) atoms. The molecule has 3 amide bonds. The van der Waals surface area contributed by atoms with Crippen molar-refractivity contribution in [2.24, 2.45) is 0 Å². The number of aromatic nitrogens is 2. The molecule has 1 aliphatic heterocycles. The van der Waals surface area contributed by atoms with E-state index in [1.807, 2.05) is 47.2 Å². The van der Waals surface area contributed by atoms with E-state index in [4.69, 9.17) is 4.98 Å². The number of aryl methyl sites for hydroxylation is 2. The highest BCUT2D eigenvalue weighted by atomic mass is 32.2. The molecule has 1 aromatic heterocycles. The second kappa shape index (κ2) is 10.0. The van der Waals surface area contributed by atoms with Crippen molar-refractivity contribution >= 4 is 33.5 Å². The van der Waals surface area contributed by atoms with Gasteiger partial charge in [0.2, 0.25) is 5.91 Å². The number of benzene rings is 2. The van der Waals surface area contributed by atoms with Crippen LogP contribution in [0.5, 0.6) is 0 Å². The number of imidazole rings is 1. The Balaban J connectivity index is 1.46. The molecular weight excluding hydrogens is 472 g/mol. The summed E-state index contributed by atoms with van der Waals surface area (Å²) in [6, 6.07) is 14.7. The van der Waals surface area contributed by atoms with Crippen molar-refractivity contribution in [2.45, 2.75) is 31.5 Å². The largest absolute Gasteiger partial charge is 0.334 e. The van der Waals surface area contributed by atoms with Crippen molar-refractivity contribution in [3.8, 4) is 16.9 Å². The number of amides is 3. The van der Waals surface area contributed by atoms with E-state index in [0.717, 1.165) is 16.9 Å². The molecule has 0 bridgehead atoms. The molecule has 8 nitrogen and oxygen atoms in total. The Labute approximate surface area is 203 Å². The second-order valence-electron chi connectivity index (χ2n) is 8.32. The molecule has 1 fully saturated rings. The summed E-state index contributed by atoms with van der Waals surface area (Å²) in [6.07, 6.45) is 2.29. The number of urea groups is 1. The molecule has 2 aromatic carbocycles. The van der Waals surface area contributed by atoms with Crippen LogP contribution < -0.4 is 10.6 Å². The minimum absolute atomic E-state index is 0.0212. The zero-order valence-corrected chi connectivity index (χ0v) is 20.6. The average molecular weight is 499 g/mol. The lowest BCUT2D eigenvalue weighted by atomic mass is 10.0. The molecule has 0 radical (unpaired) electrons. The summed E-state index contributed by atoms with van der Waals surface area (Å²) < 4.78 is 25.0. The van der Waals surface area contributed by atoms with Gasteiger partial charge < -0.3 is 5.32 Å². The molecule has 2 N–H and O–H groups in total. The summed E-state index contributed by atoms with van der Waals surface area (Å²) in [4.78, 5) is 29.2. The Morgan fingerprint density at radius 2 is 1.88 bits per heavy atom. The molecule has 2 heterocycles. The number of nitrogens with zero attached hydrogens (tertiary/aromatic N) is 2. The van der Waals surface area contributed by atoms with Crippen molar-refractivity contribution in [3.63, 3.8) is 0 Å². The van der Waals surface area contributed by atoms with E-state index in [-0.39, 0.29) is 17.3 Å². The van der Waals surface area contributed by atoms with Crippen LogP contribution in [0.1, 0.15) is 17.5 Å². The Morgan fingerprint density at radius 1 is 1.12 bits per heavy atom. The molecule has 178 valence electrons. The van der Waals surface area contributed by atoms with E-state index in [2.05, 4.69) is 36.6 Å². The summed E-state index contributed by atoms with van der Waals surface area (Å²) in [5.74, 6) is -0.558. The Bertz CT molecular complexity index is 1320. The van der Waals surface area contributed by atoms with E-state index >= 15 is 0 Å². The number of rotatable bonds is 6. The Hall–Kier alpha value is -3.11. The van der Waals surface area contributed by atoms with E-state index in [9.17, 15) is 18.0 Å². The number of nitrogens with one attached hydrogen (secondary N) is 2. The fourth-order valence-electron chi connectivity index (χ4n) is 3.70. The molecule has 1 atom stereocenters. The summed E-state index contributed by atoms with van der Waals surface area (Å²) in [7, 11) is -3.12. The van der Waals surface area contributed by atoms with Gasteiger partial charge in [-0.2, -0.15) is 0 Å². The van der Waals surface area contributed by atoms with Crippen LogP contribution in [0.3, 0.4) is 0 Å². The van der Waals surface area contributed by atoms with Crippen LogP contribution in [0.2, 0.25) is 0 Å². The lowest BCUT2D eigenvalue weighted by Gasteiger charge is -2.11. The van der Waals surface area contributed by atoms with Gasteiger partial charge in [-0.05, 0) is 49.6 Å². The molecule has 0 aliphatic carbocycles. The molecule has 3 aromatic rings. The van der Waals surface area contributed by atoms with Gasteiger partial charge in [-0.15, -0.1) is 0 Å². The first kappa shape index (κ1) is 24.0. The first-order valence-corrected chi connectivity index (χ1v) is 13.7. The number of sulfone groups is 1. The number of para-hydroxylation sites is 1. The van der Waals surface area contributed by atoms with Gasteiger partial charge in [-0.25, -0.2) is 18.2 Å². The number of thioether (sulfide) groups is 1. The lowest BCUT2D eigenvalue weighted by Crippen LogP contribution is -2.45. The predicted octanol–water partition coefficient (Wildman–Crippen LogP) is 3.26. The first-order valence-electron chi connectivity index (χ1n) is 10.9. The van der Waals surface area contributed by atoms with Crippen LogP contribution in [0, 0.1) is 13.8 Å². The predicted molar refractivity (Wildman–Crippen MR) is 133 cm³/mol. The third-order valence-electron chi connectivity index (χ3n) is 5.66. The smallest absolute Gasteiger partial charge is 0.321 e. The van der Waals surface area contributed by atoms with E-state index in [0.29, 0.717) is 11.6 Å². The van der Waals surface area contributed by atoms with Gasteiger partial charge in [0.15, 0.2) is 15.0 Å². The summed E-state index contributed by atoms with van der Waals surface area (Å²) in [5.41, 5.74) is 5.05. The van der Waals surface area contributed by atoms with E-state index < -0.39 is 27.8 Å². The van der Waals surface area contributed by atoms with Crippen molar-refractivity contribution in [2.75, 3.05) is 17.3 Å². The zero-order valence-electron chi connectivity index (χ0n) is 18.9. The van der Waals surface area contributed by atoms with Gasteiger partial charge in [0.25, 0.3) is 0 Å². The maximum Gasteiger partial charge on any atom is 0.321 e. The van der Waals surface area contributed by atoms with Gasteiger partial charge in [0.1, 0.15) is 0 Å². The second-order valence-corrected chi connectivity index (χ2v) is 11.5. The van der Waals surface area contributed by atoms with Crippen LogP contribution in [0.4, 0.5) is 4.79 Å². The quantitative estimate of drug-likeness (QED) is 0.505. The molecular formula is C24H26N4O4S2. The normalized spacial score (nSPS) is 16.8. The van der Waals surface area contributed by atoms with Crippen LogP contribution in [-0.2, 0) is 14.6 Å². The SMILES string of the molecule is Cc1ccc(-c2cn(-c3ccccc3)c(SCC(=O)NC(=O)N[C@@H]3CCS(=O)(=O)C3)n2)cc1C. The van der Waals surface area contributed by atoms with Crippen molar-refractivity contribution in [1.29, 1.82) is 0 Å².